The number of carbonyl (C=O) groups excluding carboxylic acids is 1. The van der Waals surface area contributed by atoms with E-state index >= 15 is 0 Å². The second kappa shape index (κ2) is 13.4. The van der Waals surface area contributed by atoms with E-state index in [0.29, 0.717) is 39.4 Å². The van der Waals surface area contributed by atoms with Gasteiger partial charge in [-0.05, 0) is 80.7 Å². The first-order chi connectivity index (χ1) is 22.4. The van der Waals surface area contributed by atoms with E-state index < -0.39 is 12.6 Å². The number of likely N-dealkylation sites (tertiary alicyclic amines) is 2. The molecule has 5 heterocycles. The van der Waals surface area contributed by atoms with Crippen molar-refractivity contribution in [3.05, 3.63) is 51.8 Å². The third kappa shape index (κ3) is 7.41. The number of nitriles is 1. The first-order valence-corrected chi connectivity index (χ1v) is 17.3. The van der Waals surface area contributed by atoms with Crippen molar-refractivity contribution in [1.82, 2.24) is 24.3 Å². The van der Waals surface area contributed by atoms with Gasteiger partial charge in [-0.25, -0.2) is 9.97 Å². The second-order valence-electron chi connectivity index (χ2n) is 13.4. The van der Waals surface area contributed by atoms with Gasteiger partial charge in [0.2, 0.25) is 5.91 Å². The van der Waals surface area contributed by atoms with Gasteiger partial charge >= 0.3 is 6.18 Å². The van der Waals surface area contributed by atoms with Crippen molar-refractivity contribution in [1.29, 1.82) is 5.26 Å². The molecule has 0 aliphatic carbocycles. The maximum absolute atomic E-state index is 13.0. The van der Waals surface area contributed by atoms with Crippen LogP contribution in [-0.4, -0.2) is 68.6 Å². The molecular formula is C35H42F3N7OS. The van der Waals surface area contributed by atoms with Crippen LogP contribution in [0.15, 0.2) is 24.3 Å². The monoisotopic (exact) mass is 665 g/mol. The minimum atomic E-state index is -4.26. The van der Waals surface area contributed by atoms with E-state index in [-0.39, 0.29) is 16.8 Å². The van der Waals surface area contributed by atoms with Gasteiger partial charge < -0.3 is 14.8 Å². The van der Waals surface area contributed by atoms with Crippen molar-refractivity contribution in [2.45, 2.75) is 85.1 Å². The summed E-state index contributed by atoms with van der Waals surface area (Å²) in [6.45, 7) is 12.8. The first kappa shape index (κ1) is 33.2. The minimum Gasteiger partial charge on any atom is -0.367 e. The number of carbonyl (C=O) groups is 1. The Bertz CT molecular complexity index is 1810. The lowest BCUT2D eigenvalue weighted by molar-refractivity contribution is -0.130. The number of nitrogens with one attached hydrogen (secondary N) is 1. The summed E-state index contributed by atoms with van der Waals surface area (Å²) in [6, 6.07) is 10.6. The van der Waals surface area contributed by atoms with Crippen LogP contribution in [0.2, 0.25) is 0 Å². The summed E-state index contributed by atoms with van der Waals surface area (Å²) < 4.78 is 41.2. The van der Waals surface area contributed by atoms with Gasteiger partial charge in [0, 0.05) is 68.0 Å². The van der Waals surface area contributed by atoms with Crippen molar-refractivity contribution in [2.75, 3.05) is 31.5 Å². The summed E-state index contributed by atoms with van der Waals surface area (Å²) in [5.74, 6) is 2.22. The smallest absolute Gasteiger partial charge is 0.367 e. The molecule has 0 saturated carbocycles. The van der Waals surface area contributed by atoms with Crippen molar-refractivity contribution >= 4 is 44.2 Å². The van der Waals surface area contributed by atoms with E-state index in [4.69, 9.17) is 0 Å². The molecule has 47 heavy (non-hydrogen) atoms. The number of hydrogen-bond acceptors (Lipinski definition) is 7. The predicted octanol–water partition coefficient (Wildman–Crippen LogP) is 7.21. The summed E-state index contributed by atoms with van der Waals surface area (Å²) in [7, 11) is 0. The Hall–Kier alpha value is -3.69. The lowest BCUT2D eigenvalue weighted by atomic mass is 9.85. The molecule has 6 rings (SSSR count). The molecule has 0 spiro atoms. The molecule has 2 fully saturated rings. The third-order valence-corrected chi connectivity index (χ3v) is 11.1. The highest BCUT2D eigenvalue weighted by Gasteiger charge is 2.30. The van der Waals surface area contributed by atoms with Crippen LogP contribution in [0, 0.1) is 37.0 Å². The number of amides is 1. The Morgan fingerprint density at radius 3 is 2.47 bits per heavy atom. The Kier molecular flexibility index (Phi) is 9.50. The molecule has 12 heteroatoms. The predicted molar refractivity (Wildman–Crippen MR) is 179 cm³/mol. The number of aryl methyl sites for hydroxylation is 2. The summed E-state index contributed by atoms with van der Waals surface area (Å²) in [6.07, 6.45) is -1.44. The number of rotatable bonds is 8. The fourth-order valence-corrected chi connectivity index (χ4v) is 8.45. The normalized spacial score (nSPS) is 17.8. The number of thiophene rings is 1. The molecule has 1 N–H and O–H groups in total. The number of benzene rings is 1. The molecule has 2 saturated heterocycles. The van der Waals surface area contributed by atoms with Gasteiger partial charge in [0.15, 0.2) is 0 Å². The van der Waals surface area contributed by atoms with Gasteiger partial charge in [-0.2, -0.15) is 18.4 Å². The quantitative estimate of drug-likeness (QED) is 0.214. The van der Waals surface area contributed by atoms with E-state index in [2.05, 4.69) is 56.8 Å². The summed E-state index contributed by atoms with van der Waals surface area (Å²) in [5.41, 5.74) is 4.23. The van der Waals surface area contributed by atoms with E-state index in [1.54, 1.807) is 19.9 Å². The minimum absolute atomic E-state index is 0.146. The standard InChI is InChI=1S/C35H42F3N7OS/c1-21(25-7-13-44(14-8-25)24(4)46)19-45-28(18-39)15-30-22(2)26(5-6-32(30)45)20-43-11-9-27(10-12-43)42-33-31-16-29(17-35(36,37)38)47-34(31)41-23(3)40-33/h5-6,15-16,21,25,27H,7-14,17,19-20H2,1-4H3,(H,40,41,42)/t21-/m0/s1. The summed E-state index contributed by atoms with van der Waals surface area (Å²) in [4.78, 5) is 25.9. The number of fused-ring (bicyclic) bond motifs is 2. The lowest BCUT2D eigenvalue weighted by Gasteiger charge is -2.34. The van der Waals surface area contributed by atoms with Crippen molar-refractivity contribution in [2.24, 2.45) is 11.8 Å². The van der Waals surface area contributed by atoms with Gasteiger partial charge in [-0.3, -0.25) is 9.69 Å². The maximum atomic E-state index is 13.0. The molecule has 4 aromatic rings. The Labute approximate surface area is 277 Å². The van der Waals surface area contributed by atoms with Crippen LogP contribution in [0.4, 0.5) is 19.0 Å². The molecule has 2 aliphatic heterocycles. The lowest BCUT2D eigenvalue weighted by Crippen LogP contribution is -2.39. The zero-order chi connectivity index (χ0) is 33.5. The molecule has 1 amide bonds. The van der Waals surface area contributed by atoms with Crippen molar-refractivity contribution in [3.8, 4) is 6.07 Å². The molecular weight excluding hydrogens is 623 g/mol. The van der Waals surface area contributed by atoms with Crippen LogP contribution >= 0.6 is 11.3 Å². The number of anilines is 1. The molecule has 2 aliphatic rings. The maximum Gasteiger partial charge on any atom is 0.393 e. The number of halogens is 3. The fraction of sp³-hybridized carbons (Fsp3) is 0.543. The van der Waals surface area contributed by atoms with Gasteiger partial charge in [0.05, 0.1) is 11.8 Å². The Balaban J connectivity index is 1.09. The van der Waals surface area contributed by atoms with Gasteiger partial charge in [-0.15, -0.1) is 11.3 Å². The van der Waals surface area contributed by atoms with Gasteiger partial charge in [0.25, 0.3) is 0 Å². The highest BCUT2D eigenvalue weighted by atomic mass is 32.1. The first-order valence-electron chi connectivity index (χ1n) is 16.5. The Morgan fingerprint density at radius 1 is 1.09 bits per heavy atom. The number of hydrogen-bond donors (Lipinski definition) is 1. The zero-order valence-electron chi connectivity index (χ0n) is 27.5. The molecule has 1 aromatic carbocycles. The molecule has 0 bridgehead atoms. The van der Waals surface area contributed by atoms with Crippen molar-refractivity contribution in [3.63, 3.8) is 0 Å². The van der Waals surface area contributed by atoms with Crippen LogP contribution in [0.25, 0.3) is 21.1 Å². The number of piperidine rings is 2. The number of alkyl halides is 3. The molecule has 3 aromatic heterocycles. The molecule has 8 nitrogen and oxygen atoms in total. The average molecular weight is 666 g/mol. The molecule has 250 valence electrons. The average Bonchev–Trinajstić information content (AvgIpc) is 3.59. The topological polar surface area (TPSA) is 90.1 Å². The van der Waals surface area contributed by atoms with Crippen LogP contribution in [0.1, 0.15) is 67.1 Å². The zero-order valence-corrected chi connectivity index (χ0v) is 28.3. The van der Waals surface area contributed by atoms with Crippen LogP contribution in [0.5, 0.6) is 0 Å². The van der Waals surface area contributed by atoms with Crippen LogP contribution < -0.4 is 5.32 Å². The Morgan fingerprint density at radius 2 is 1.81 bits per heavy atom. The van der Waals surface area contributed by atoms with E-state index in [9.17, 15) is 23.2 Å². The van der Waals surface area contributed by atoms with Crippen molar-refractivity contribution < 1.29 is 18.0 Å². The number of aromatic nitrogens is 3. The molecule has 0 unspecified atom stereocenters. The third-order valence-electron chi connectivity index (χ3n) is 10.1. The number of nitrogens with zero attached hydrogens (tertiary/aromatic N) is 6. The van der Waals surface area contributed by atoms with E-state index in [1.165, 1.54) is 11.1 Å². The largest absolute Gasteiger partial charge is 0.393 e. The van der Waals surface area contributed by atoms with Gasteiger partial charge in [-0.1, -0.05) is 13.0 Å². The van der Waals surface area contributed by atoms with Crippen LogP contribution in [-0.2, 0) is 24.3 Å². The summed E-state index contributed by atoms with van der Waals surface area (Å²) in [5, 5.41) is 15.3. The van der Waals surface area contributed by atoms with Gasteiger partial charge in [0.1, 0.15) is 28.2 Å². The highest BCUT2D eigenvalue weighted by Crippen LogP contribution is 2.35. The second-order valence-corrected chi connectivity index (χ2v) is 14.5. The summed E-state index contributed by atoms with van der Waals surface area (Å²) >= 11 is 1.08. The van der Waals surface area contributed by atoms with Crippen LogP contribution in [0.3, 0.4) is 0 Å². The SMILES string of the molecule is CC(=O)N1CCC([C@@H](C)Cn2c(C#N)cc3c(C)c(CN4CCC(Nc5nc(C)nc6sc(CC(F)(F)F)cc56)CC4)ccc32)CC1. The van der Waals surface area contributed by atoms with E-state index in [0.717, 1.165) is 87.2 Å². The fourth-order valence-electron chi connectivity index (χ4n) is 7.34. The molecule has 0 radical (unpaired) electrons. The molecule has 1 atom stereocenters. The van der Waals surface area contributed by atoms with E-state index in [1.807, 2.05) is 11.0 Å². The highest BCUT2D eigenvalue weighted by molar-refractivity contribution is 7.18.